The third kappa shape index (κ3) is 4.76. The second-order valence-electron chi connectivity index (χ2n) is 6.50. The summed E-state index contributed by atoms with van der Waals surface area (Å²) in [5.74, 6) is 2.83. The molecule has 9 heteroatoms. The van der Waals surface area contributed by atoms with Gasteiger partial charge in [0.15, 0.2) is 5.69 Å². The van der Waals surface area contributed by atoms with E-state index in [2.05, 4.69) is 36.1 Å². The maximum atomic E-state index is 12.2. The van der Waals surface area contributed by atoms with Crippen molar-refractivity contribution in [2.45, 2.75) is 13.8 Å². The normalized spacial score (nSPS) is 10.5. The van der Waals surface area contributed by atoms with Crippen LogP contribution in [0.15, 0.2) is 65.3 Å². The molecule has 0 aliphatic carbocycles. The third-order valence-corrected chi connectivity index (χ3v) is 4.03. The van der Waals surface area contributed by atoms with Crippen LogP contribution < -0.4 is 16.0 Å². The Labute approximate surface area is 172 Å². The number of benzene rings is 1. The first kappa shape index (κ1) is 19.1. The van der Waals surface area contributed by atoms with Gasteiger partial charge in [-0.15, -0.1) is 0 Å². The molecule has 9 nitrogen and oxygen atoms in total. The lowest BCUT2D eigenvalue weighted by Crippen LogP contribution is -2.12. The molecule has 3 N–H and O–H groups in total. The Morgan fingerprint density at radius 2 is 1.60 bits per heavy atom. The molecule has 150 valence electrons. The fourth-order valence-electron chi connectivity index (χ4n) is 2.72. The van der Waals surface area contributed by atoms with E-state index >= 15 is 0 Å². The van der Waals surface area contributed by atoms with E-state index in [4.69, 9.17) is 4.52 Å². The highest BCUT2D eigenvalue weighted by Gasteiger charge is 2.11. The minimum Gasteiger partial charge on any atom is -0.361 e. The molecule has 3 aromatic heterocycles. The smallest absolute Gasteiger partial charge is 0.277 e. The van der Waals surface area contributed by atoms with E-state index in [0.29, 0.717) is 34.7 Å². The molecule has 30 heavy (non-hydrogen) atoms. The number of anilines is 5. The molecule has 0 fully saturated rings. The number of aryl methyl sites for hydroxylation is 2. The lowest BCUT2D eigenvalue weighted by molar-refractivity contribution is 0.101. The van der Waals surface area contributed by atoms with Gasteiger partial charge in [-0.2, -0.15) is 0 Å². The molecule has 0 unspecified atom stereocenters. The molecule has 0 spiro atoms. The Morgan fingerprint density at radius 1 is 0.867 bits per heavy atom. The van der Waals surface area contributed by atoms with Crippen molar-refractivity contribution in [3.05, 3.63) is 78.1 Å². The van der Waals surface area contributed by atoms with Gasteiger partial charge in [0, 0.05) is 29.7 Å². The van der Waals surface area contributed by atoms with Crippen LogP contribution in [0, 0.1) is 13.8 Å². The highest BCUT2D eigenvalue weighted by atomic mass is 16.5. The van der Waals surface area contributed by atoms with E-state index in [-0.39, 0.29) is 11.6 Å². The van der Waals surface area contributed by atoms with Crippen LogP contribution in [-0.4, -0.2) is 26.0 Å². The Bertz CT molecular complexity index is 1160. The van der Waals surface area contributed by atoms with Crippen LogP contribution in [0.4, 0.5) is 28.8 Å². The summed E-state index contributed by atoms with van der Waals surface area (Å²) >= 11 is 0. The van der Waals surface area contributed by atoms with Gasteiger partial charge in [0.25, 0.3) is 5.91 Å². The van der Waals surface area contributed by atoms with E-state index in [1.165, 1.54) is 0 Å². The summed E-state index contributed by atoms with van der Waals surface area (Å²) in [7, 11) is 0. The molecule has 0 saturated heterocycles. The Balaban J connectivity index is 1.43. The average Bonchev–Trinajstić information content (AvgIpc) is 3.16. The van der Waals surface area contributed by atoms with Gasteiger partial charge < -0.3 is 20.5 Å². The average molecular weight is 401 g/mol. The highest BCUT2D eigenvalue weighted by molar-refractivity contribution is 6.02. The van der Waals surface area contributed by atoms with Gasteiger partial charge in [-0.25, -0.2) is 15.0 Å². The SMILES string of the molecule is Cc1nc(Nc2ccc(NC(=O)c3cc(C)on3)cc2)cc(Nc2ccccn2)n1. The number of rotatable bonds is 6. The first-order valence-electron chi connectivity index (χ1n) is 9.21. The molecule has 0 radical (unpaired) electrons. The maximum Gasteiger partial charge on any atom is 0.277 e. The summed E-state index contributed by atoms with van der Waals surface area (Å²) in [6.07, 6.45) is 1.71. The van der Waals surface area contributed by atoms with Gasteiger partial charge in [-0.3, -0.25) is 4.79 Å². The minimum absolute atomic E-state index is 0.235. The molecule has 4 rings (SSSR count). The topological polar surface area (TPSA) is 118 Å². The number of nitrogens with zero attached hydrogens (tertiary/aromatic N) is 4. The zero-order valence-electron chi connectivity index (χ0n) is 16.4. The molecule has 0 aliphatic rings. The molecule has 0 atom stereocenters. The lowest BCUT2D eigenvalue weighted by Gasteiger charge is -2.10. The van der Waals surface area contributed by atoms with Crippen LogP contribution in [0.5, 0.6) is 0 Å². The van der Waals surface area contributed by atoms with Crippen molar-refractivity contribution < 1.29 is 9.32 Å². The molecular weight excluding hydrogens is 382 g/mol. The van der Waals surface area contributed by atoms with E-state index in [1.54, 1.807) is 37.4 Å². The quantitative estimate of drug-likeness (QED) is 0.440. The van der Waals surface area contributed by atoms with Gasteiger partial charge in [0.1, 0.15) is 29.0 Å². The van der Waals surface area contributed by atoms with Crippen molar-refractivity contribution in [1.82, 2.24) is 20.1 Å². The summed E-state index contributed by atoms with van der Waals surface area (Å²) in [6, 6.07) is 16.2. The number of hydrogen-bond acceptors (Lipinski definition) is 8. The largest absolute Gasteiger partial charge is 0.361 e. The molecule has 4 aromatic rings. The Kier molecular flexibility index (Phi) is 5.33. The second-order valence-corrected chi connectivity index (χ2v) is 6.50. The summed E-state index contributed by atoms with van der Waals surface area (Å²) in [5.41, 5.74) is 1.69. The monoisotopic (exact) mass is 401 g/mol. The third-order valence-electron chi connectivity index (χ3n) is 4.03. The Hall–Kier alpha value is -4.27. The number of nitrogens with one attached hydrogen (secondary N) is 3. The summed E-state index contributed by atoms with van der Waals surface area (Å²) in [5, 5.41) is 12.9. The van der Waals surface area contributed by atoms with Crippen molar-refractivity contribution in [2.75, 3.05) is 16.0 Å². The predicted molar refractivity (Wildman–Crippen MR) is 113 cm³/mol. The van der Waals surface area contributed by atoms with Crippen LogP contribution in [0.2, 0.25) is 0 Å². The number of carbonyl (C=O) groups is 1. The van der Waals surface area contributed by atoms with Crippen molar-refractivity contribution in [3.63, 3.8) is 0 Å². The van der Waals surface area contributed by atoms with Crippen LogP contribution in [0.1, 0.15) is 22.1 Å². The highest BCUT2D eigenvalue weighted by Crippen LogP contribution is 2.21. The van der Waals surface area contributed by atoms with Gasteiger partial charge >= 0.3 is 0 Å². The molecule has 1 amide bonds. The van der Waals surface area contributed by atoms with E-state index in [9.17, 15) is 4.79 Å². The first-order valence-corrected chi connectivity index (χ1v) is 9.21. The second kappa shape index (κ2) is 8.39. The molecule has 3 heterocycles. The van der Waals surface area contributed by atoms with Crippen LogP contribution in [-0.2, 0) is 0 Å². The summed E-state index contributed by atoms with van der Waals surface area (Å²) < 4.78 is 4.92. The Morgan fingerprint density at radius 3 is 2.27 bits per heavy atom. The van der Waals surface area contributed by atoms with Crippen molar-refractivity contribution in [1.29, 1.82) is 0 Å². The summed E-state index contributed by atoms with van der Waals surface area (Å²) in [6.45, 7) is 3.55. The van der Waals surface area contributed by atoms with Crippen molar-refractivity contribution in [2.24, 2.45) is 0 Å². The fraction of sp³-hybridized carbons (Fsp3) is 0.0952. The number of hydrogen-bond donors (Lipinski definition) is 3. The molecular formula is C21H19N7O2. The number of carbonyl (C=O) groups excluding carboxylic acids is 1. The zero-order valence-corrected chi connectivity index (χ0v) is 16.4. The van der Waals surface area contributed by atoms with E-state index < -0.39 is 0 Å². The zero-order chi connectivity index (χ0) is 20.9. The van der Waals surface area contributed by atoms with Crippen molar-refractivity contribution in [3.8, 4) is 0 Å². The number of amides is 1. The number of aromatic nitrogens is 4. The molecule has 0 saturated carbocycles. The number of pyridine rings is 1. The summed E-state index contributed by atoms with van der Waals surface area (Å²) in [4.78, 5) is 25.2. The predicted octanol–water partition coefficient (Wildman–Crippen LogP) is 4.22. The maximum absolute atomic E-state index is 12.2. The minimum atomic E-state index is -0.329. The fourth-order valence-corrected chi connectivity index (χ4v) is 2.72. The van der Waals surface area contributed by atoms with Gasteiger partial charge in [0.2, 0.25) is 0 Å². The van der Waals surface area contributed by atoms with Crippen molar-refractivity contribution >= 4 is 34.7 Å². The molecule has 1 aromatic carbocycles. The molecule has 0 aliphatic heterocycles. The van der Waals surface area contributed by atoms with Crippen LogP contribution >= 0.6 is 0 Å². The first-order chi connectivity index (χ1) is 14.5. The van der Waals surface area contributed by atoms with Crippen LogP contribution in [0.25, 0.3) is 0 Å². The van der Waals surface area contributed by atoms with Gasteiger partial charge in [-0.1, -0.05) is 11.2 Å². The van der Waals surface area contributed by atoms with Crippen LogP contribution in [0.3, 0.4) is 0 Å². The van der Waals surface area contributed by atoms with Gasteiger partial charge in [-0.05, 0) is 50.2 Å². The standard InChI is InChI=1S/C21H19N7O2/c1-13-11-17(28-30-13)21(29)26-16-8-6-15(7-9-16)25-19-12-20(24-14(2)23-19)27-18-5-3-4-10-22-18/h3-12H,1-2H3,(H,26,29)(H2,22,23,24,25,27). The lowest BCUT2D eigenvalue weighted by atomic mass is 10.2. The van der Waals surface area contributed by atoms with E-state index in [1.807, 2.05) is 37.3 Å². The van der Waals surface area contributed by atoms with Gasteiger partial charge in [0.05, 0.1) is 0 Å². The van der Waals surface area contributed by atoms with E-state index in [0.717, 1.165) is 5.69 Å². The molecule has 0 bridgehead atoms.